The number of carbonyl (C=O) groups is 2. The van der Waals surface area contributed by atoms with E-state index in [0.29, 0.717) is 12.1 Å². The summed E-state index contributed by atoms with van der Waals surface area (Å²) in [5.74, 6) is -0.665. The van der Waals surface area contributed by atoms with Gasteiger partial charge in [-0.2, -0.15) is 5.10 Å². The second-order valence-corrected chi connectivity index (χ2v) is 3.27. The molecule has 0 aromatic carbocycles. The molecule has 0 spiro atoms. The molecule has 2 atom stereocenters. The fourth-order valence-electron chi connectivity index (χ4n) is 1.32. The molecule has 2 amide bonds. The third-order valence-electron chi connectivity index (χ3n) is 2.02. The number of ether oxygens (including phenoxy) is 1. The first kappa shape index (κ1) is 10.5. The molecular formula is C8H13N3O3. The third-order valence-corrected chi connectivity index (χ3v) is 2.02. The van der Waals surface area contributed by atoms with Crippen molar-refractivity contribution < 1.29 is 14.3 Å². The zero-order valence-corrected chi connectivity index (χ0v) is 8.11. The monoisotopic (exact) mass is 199 g/mol. The third kappa shape index (κ3) is 2.45. The minimum Gasteiger partial charge on any atom is -0.462 e. The Kier molecular flexibility index (Phi) is 3.06. The van der Waals surface area contributed by atoms with E-state index in [0.717, 1.165) is 0 Å². The van der Waals surface area contributed by atoms with Crippen molar-refractivity contribution in [2.24, 2.45) is 16.8 Å². The highest BCUT2D eigenvalue weighted by Crippen LogP contribution is 2.21. The maximum atomic E-state index is 11.2. The number of hydrogen-bond acceptors (Lipinski definition) is 4. The topological polar surface area (TPSA) is 93.8 Å². The summed E-state index contributed by atoms with van der Waals surface area (Å²) in [5.41, 5.74) is 7.42. The normalized spacial score (nSPS) is 27.3. The van der Waals surface area contributed by atoms with Crippen molar-refractivity contribution in [2.75, 3.05) is 0 Å². The zero-order valence-electron chi connectivity index (χ0n) is 8.11. The fraction of sp³-hybridized carbons (Fsp3) is 0.625. The molecule has 1 aliphatic heterocycles. The van der Waals surface area contributed by atoms with E-state index < -0.39 is 6.03 Å². The van der Waals surface area contributed by atoms with Gasteiger partial charge in [0.15, 0.2) is 0 Å². The molecule has 1 saturated heterocycles. The largest absolute Gasteiger partial charge is 0.462 e. The molecular weight excluding hydrogens is 186 g/mol. The fourth-order valence-corrected chi connectivity index (χ4v) is 1.32. The minimum absolute atomic E-state index is 0.0915. The Morgan fingerprint density at radius 2 is 2.36 bits per heavy atom. The van der Waals surface area contributed by atoms with Crippen LogP contribution in [0.4, 0.5) is 4.79 Å². The van der Waals surface area contributed by atoms with Crippen molar-refractivity contribution in [1.82, 2.24) is 5.43 Å². The second-order valence-electron chi connectivity index (χ2n) is 3.27. The van der Waals surface area contributed by atoms with Crippen LogP contribution < -0.4 is 11.2 Å². The number of amides is 2. The van der Waals surface area contributed by atoms with Gasteiger partial charge in [-0.3, -0.25) is 4.79 Å². The van der Waals surface area contributed by atoms with E-state index in [9.17, 15) is 9.59 Å². The predicted octanol–water partition coefficient (Wildman–Crippen LogP) is -0.0178. The van der Waals surface area contributed by atoms with Crippen LogP contribution in [0.25, 0.3) is 0 Å². The highest BCUT2D eigenvalue weighted by atomic mass is 16.5. The first-order valence-corrected chi connectivity index (χ1v) is 4.31. The Hall–Kier alpha value is -1.59. The standard InChI is InChI=1S/C8H13N3O3/c1-4-3-6(7(12)14-4)5(2)10-11-8(9)13/h4,6H,3H2,1-2H3,(H3,9,11,13)/b10-5+. The molecule has 0 aromatic rings. The van der Waals surface area contributed by atoms with Gasteiger partial charge in [-0.25, -0.2) is 10.2 Å². The molecule has 1 fully saturated rings. The van der Waals surface area contributed by atoms with Crippen LogP contribution in [-0.2, 0) is 9.53 Å². The predicted molar refractivity (Wildman–Crippen MR) is 49.5 cm³/mol. The van der Waals surface area contributed by atoms with Crippen LogP contribution in [0.1, 0.15) is 20.3 Å². The molecule has 0 radical (unpaired) electrons. The van der Waals surface area contributed by atoms with Gasteiger partial charge in [-0.05, 0) is 13.8 Å². The highest BCUT2D eigenvalue weighted by molar-refractivity contribution is 6.02. The van der Waals surface area contributed by atoms with E-state index >= 15 is 0 Å². The SMILES string of the molecule is C/C(=N\NC(N)=O)C1CC(C)OC1=O. The quantitative estimate of drug-likeness (QED) is 0.372. The first-order chi connectivity index (χ1) is 6.50. The number of nitrogens with one attached hydrogen (secondary N) is 1. The second kappa shape index (κ2) is 4.08. The smallest absolute Gasteiger partial charge is 0.332 e. The Labute approximate surface area is 81.5 Å². The number of cyclic esters (lactones) is 1. The van der Waals surface area contributed by atoms with Crippen molar-refractivity contribution in [3.05, 3.63) is 0 Å². The number of hydrogen-bond donors (Lipinski definition) is 2. The molecule has 0 aromatic heterocycles. The van der Waals surface area contributed by atoms with Gasteiger partial charge in [-0.15, -0.1) is 0 Å². The molecule has 14 heavy (non-hydrogen) atoms. The van der Waals surface area contributed by atoms with Crippen LogP contribution in [-0.4, -0.2) is 23.8 Å². The van der Waals surface area contributed by atoms with Gasteiger partial charge in [0.2, 0.25) is 0 Å². The van der Waals surface area contributed by atoms with Crippen LogP contribution >= 0.6 is 0 Å². The molecule has 6 nitrogen and oxygen atoms in total. The van der Waals surface area contributed by atoms with Crippen LogP contribution in [0, 0.1) is 5.92 Å². The Bertz CT molecular complexity index is 288. The minimum atomic E-state index is -0.747. The van der Waals surface area contributed by atoms with Gasteiger partial charge in [0.1, 0.15) is 12.0 Å². The summed E-state index contributed by atoms with van der Waals surface area (Å²) in [5, 5.41) is 3.68. The summed E-state index contributed by atoms with van der Waals surface area (Å²) in [6.45, 7) is 3.46. The summed E-state index contributed by atoms with van der Waals surface area (Å²) in [6.07, 6.45) is 0.500. The van der Waals surface area contributed by atoms with Gasteiger partial charge in [0.25, 0.3) is 0 Å². The average Bonchev–Trinajstić information content (AvgIpc) is 2.41. The number of hydrazone groups is 1. The highest BCUT2D eigenvalue weighted by Gasteiger charge is 2.33. The Morgan fingerprint density at radius 1 is 1.71 bits per heavy atom. The maximum absolute atomic E-state index is 11.2. The summed E-state index contributed by atoms with van der Waals surface area (Å²) in [4.78, 5) is 21.6. The average molecular weight is 199 g/mol. The molecule has 6 heteroatoms. The lowest BCUT2D eigenvalue weighted by atomic mass is 10.0. The van der Waals surface area contributed by atoms with E-state index in [1.807, 2.05) is 6.92 Å². The molecule has 1 heterocycles. The van der Waals surface area contributed by atoms with Gasteiger partial charge in [0, 0.05) is 12.1 Å². The van der Waals surface area contributed by atoms with Gasteiger partial charge in [0.05, 0.1) is 0 Å². The molecule has 0 saturated carbocycles. The van der Waals surface area contributed by atoms with Crippen LogP contribution in [0.3, 0.4) is 0 Å². The summed E-state index contributed by atoms with van der Waals surface area (Å²) >= 11 is 0. The van der Waals surface area contributed by atoms with Crippen LogP contribution in [0.15, 0.2) is 5.10 Å². The lowest BCUT2D eigenvalue weighted by Crippen LogP contribution is -2.27. The molecule has 0 aliphatic carbocycles. The molecule has 78 valence electrons. The summed E-state index contributed by atoms with van der Waals surface area (Å²) in [6, 6.07) is -0.747. The van der Waals surface area contributed by atoms with E-state index in [1.54, 1.807) is 6.92 Å². The van der Waals surface area contributed by atoms with Gasteiger partial charge >= 0.3 is 12.0 Å². The molecule has 0 bridgehead atoms. The lowest BCUT2D eigenvalue weighted by molar-refractivity contribution is -0.142. The van der Waals surface area contributed by atoms with Crippen molar-refractivity contribution in [3.63, 3.8) is 0 Å². The molecule has 1 aliphatic rings. The molecule has 2 unspecified atom stereocenters. The van der Waals surface area contributed by atoms with E-state index in [-0.39, 0.29) is 18.0 Å². The number of esters is 1. The summed E-state index contributed by atoms with van der Waals surface area (Å²) < 4.78 is 4.94. The Morgan fingerprint density at radius 3 is 2.79 bits per heavy atom. The zero-order chi connectivity index (χ0) is 10.7. The van der Waals surface area contributed by atoms with E-state index in [2.05, 4.69) is 10.5 Å². The van der Waals surface area contributed by atoms with Gasteiger partial charge < -0.3 is 10.5 Å². The Balaban J connectivity index is 2.60. The van der Waals surface area contributed by atoms with Crippen LogP contribution in [0.5, 0.6) is 0 Å². The van der Waals surface area contributed by atoms with Crippen molar-refractivity contribution in [2.45, 2.75) is 26.4 Å². The number of carbonyl (C=O) groups excluding carboxylic acids is 2. The number of rotatable bonds is 2. The number of primary amides is 1. The molecule has 1 rings (SSSR count). The number of urea groups is 1. The number of nitrogens with zero attached hydrogens (tertiary/aromatic N) is 1. The van der Waals surface area contributed by atoms with Crippen molar-refractivity contribution >= 4 is 17.7 Å². The maximum Gasteiger partial charge on any atom is 0.332 e. The van der Waals surface area contributed by atoms with E-state index in [1.165, 1.54) is 0 Å². The molecule has 3 N–H and O–H groups in total. The lowest BCUT2D eigenvalue weighted by Gasteiger charge is -2.03. The van der Waals surface area contributed by atoms with Crippen molar-refractivity contribution in [3.8, 4) is 0 Å². The first-order valence-electron chi connectivity index (χ1n) is 4.31. The van der Waals surface area contributed by atoms with Gasteiger partial charge in [-0.1, -0.05) is 0 Å². The summed E-state index contributed by atoms with van der Waals surface area (Å²) in [7, 11) is 0. The van der Waals surface area contributed by atoms with Crippen LogP contribution in [0.2, 0.25) is 0 Å². The van der Waals surface area contributed by atoms with Crippen molar-refractivity contribution in [1.29, 1.82) is 0 Å². The number of nitrogens with two attached hydrogens (primary N) is 1. The van der Waals surface area contributed by atoms with E-state index in [4.69, 9.17) is 10.5 Å².